The molecule has 2 rings (SSSR count). The second kappa shape index (κ2) is 3.67. The molecule has 2 aromatic rings. The Balaban J connectivity index is 2.75. The third kappa shape index (κ3) is 1.76. The van der Waals surface area contributed by atoms with Gasteiger partial charge in [0.05, 0.1) is 11.2 Å². The minimum atomic E-state index is -0.0254. The van der Waals surface area contributed by atoms with Gasteiger partial charge in [0.1, 0.15) is 5.82 Å². The number of anilines is 1. The van der Waals surface area contributed by atoms with Gasteiger partial charge in [-0.2, -0.15) is 0 Å². The normalized spacial score (nSPS) is 12.1. The van der Waals surface area contributed by atoms with Gasteiger partial charge in [0, 0.05) is 18.7 Å². The SMILES string of the molecule is CNc1ccc2c(Cl)nc(C(C)(C)C)n2c1. The van der Waals surface area contributed by atoms with E-state index in [0.717, 1.165) is 17.0 Å². The summed E-state index contributed by atoms with van der Waals surface area (Å²) in [6.07, 6.45) is 2.02. The first-order valence-electron chi connectivity index (χ1n) is 5.29. The zero-order valence-electron chi connectivity index (χ0n) is 10.0. The number of nitrogens with one attached hydrogen (secondary N) is 1. The Morgan fingerprint density at radius 2 is 2.00 bits per heavy atom. The van der Waals surface area contributed by atoms with E-state index in [1.54, 1.807) is 0 Å². The van der Waals surface area contributed by atoms with Crippen LogP contribution < -0.4 is 5.32 Å². The van der Waals surface area contributed by atoms with Crippen molar-refractivity contribution in [2.45, 2.75) is 26.2 Å². The fourth-order valence-electron chi connectivity index (χ4n) is 1.73. The van der Waals surface area contributed by atoms with Gasteiger partial charge in [-0.15, -0.1) is 0 Å². The summed E-state index contributed by atoms with van der Waals surface area (Å²) in [5.74, 6) is 0.976. The van der Waals surface area contributed by atoms with Gasteiger partial charge in [0.2, 0.25) is 0 Å². The van der Waals surface area contributed by atoms with E-state index in [-0.39, 0.29) is 5.41 Å². The van der Waals surface area contributed by atoms with Crippen molar-refractivity contribution in [1.29, 1.82) is 0 Å². The standard InChI is InChI=1S/C12H16ClN3/c1-12(2,3)11-15-10(13)9-6-5-8(14-4)7-16(9)11/h5-7,14H,1-4H3. The van der Waals surface area contributed by atoms with Crippen LogP contribution in [0.5, 0.6) is 0 Å². The van der Waals surface area contributed by atoms with Gasteiger partial charge >= 0.3 is 0 Å². The predicted octanol–water partition coefficient (Wildman–Crippen LogP) is 3.33. The summed E-state index contributed by atoms with van der Waals surface area (Å²) < 4.78 is 2.05. The maximum Gasteiger partial charge on any atom is 0.155 e. The van der Waals surface area contributed by atoms with Crippen LogP contribution in [0.25, 0.3) is 5.52 Å². The summed E-state index contributed by atoms with van der Waals surface area (Å²) >= 11 is 6.13. The number of nitrogens with zero attached hydrogens (tertiary/aromatic N) is 2. The Labute approximate surface area is 100 Å². The lowest BCUT2D eigenvalue weighted by Crippen LogP contribution is -2.15. The third-order valence-electron chi connectivity index (χ3n) is 2.55. The third-order valence-corrected chi connectivity index (χ3v) is 2.83. The average Bonchev–Trinajstić information content (AvgIpc) is 2.55. The van der Waals surface area contributed by atoms with Gasteiger partial charge in [-0.1, -0.05) is 32.4 Å². The van der Waals surface area contributed by atoms with Crippen LogP contribution in [0.15, 0.2) is 18.3 Å². The van der Waals surface area contributed by atoms with E-state index in [9.17, 15) is 0 Å². The Bertz CT molecular complexity index is 523. The van der Waals surface area contributed by atoms with Crippen LogP contribution >= 0.6 is 11.6 Å². The fraction of sp³-hybridized carbons (Fsp3) is 0.417. The molecule has 0 unspecified atom stereocenters. The highest BCUT2D eigenvalue weighted by Gasteiger charge is 2.21. The van der Waals surface area contributed by atoms with Crippen LogP contribution in [0.4, 0.5) is 5.69 Å². The Morgan fingerprint density at radius 1 is 1.31 bits per heavy atom. The highest BCUT2D eigenvalue weighted by Crippen LogP contribution is 2.28. The van der Waals surface area contributed by atoms with Crippen molar-refractivity contribution < 1.29 is 0 Å². The van der Waals surface area contributed by atoms with Crippen LogP contribution in [0, 0.1) is 0 Å². The zero-order valence-corrected chi connectivity index (χ0v) is 10.8. The van der Waals surface area contributed by atoms with Crippen molar-refractivity contribution in [2.75, 3.05) is 12.4 Å². The van der Waals surface area contributed by atoms with Gasteiger partial charge < -0.3 is 5.32 Å². The van der Waals surface area contributed by atoms with E-state index >= 15 is 0 Å². The topological polar surface area (TPSA) is 29.3 Å². The average molecular weight is 238 g/mol. The minimum Gasteiger partial charge on any atom is -0.387 e. The van der Waals surface area contributed by atoms with Crippen LogP contribution in [0.1, 0.15) is 26.6 Å². The second-order valence-electron chi connectivity index (χ2n) is 4.90. The fourth-order valence-corrected chi connectivity index (χ4v) is 1.96. The zero-order chi connectivity index (χ0) is 11.9. The van der Waals surface area contributed by atoms with Crippen LogP contribution in [-0.2, 0) is 5.41 Å². The highest BCUT2D eigenvalue weighted by atomic mass is 35.5. The van der Waals surface area contributed by atoms with Crippen LogP contribution in [0.2, 0.25) is 5.15 Å². The molecule has 0 saturated heterocycles. The molecule has 0 aliphatic heterocycles. The molecule has 0 fully saturated rings. The van der Waals surface area contributed by atoms with Crippen LogP contribution in [0.3, 0.4) is 0 Å². The number of hydrogen-bond donors (Lipinski definition) is 1. The molecule has 2 heterocycles. The van der Waals surface area contributed by atoms with Gasteiger partial charge in [0.25, 0.3) is 0 Å². The molecule has 86 valence electrons. The molecule has 0 spiro atoms. The molecule has 4 heteroatoms. The largest absolute Gasteiger partial charge is 0.387 e. The number of halogens is 1. The molecule has 3 nitrogen and oxygen atoms in total. The first kappa shape index (κ1) is 11.3. The van der Waals surface area contributed by atoms with Gasteiger partial charge in [0.15, 0.2) is 5.15 Å². The lowest BCUT2D eigenvalue weighted by Gasteiger charge is -2.17. The lowest BCUT2D eigenvalue weighted by atomic mass is 9.96. The smallest absolute Gasteiger partial charge is 0.155 e. The number of hydrogen-bond acceptors (Lipinski definition) is 2. The molecule has 0 aromatic carbocycles. The summed E-state index contributed by atoms with van der Waals surface area (Å²) in [6, 6.07) is 3.98. The molecule has 16 heavy (non-hydrogen) atoms. The van der Waals surface area contributed by atoms with E-state index in [2.05, 4.69) is 31.1 Å². The maximum atomic E-state index is 6.13. The van der Waals surface area contributed by atoms with Crippen molar-refractivity contribution in [2.24, 2.45) is 0 Å². The molecule has 0 saturated carbocycles. The summed E-state index contributed by atoms with van der Waals surface area (Å²) in [6.45, 7) is 6.39. The lowest BCUT2D eigenvalue weighted by molar-refractivity contribution is 0.543. The maximum absolute atomic E-state index is 6.13. The Kier molecular flexibility index (Phi) is 2.58. The number of pyridine rings is 1. The van der Waals surface area contributed by atoms with Crippen molar-refractivity contribution in [3.8, 4) is 0 Å². The first-order chi connectivity index (χ1) is 7.43. The van der Waals surface area contributed by atoms with Crippen molar-refractivity contribution in [3.05, 3.63) is 29.3 Å². The van der Waals surface area contributed by atoms with Gasteiger partial charge in [-0.3, -0.25) is 4.40 Å². The number of aromatic nitrogens is 2. The molecule has 0 amide bonds. The van der Waals surface area contributed by atoms with E-state index in [4.69, 9.17) is 11.6 Å². The Morgan fingerprint density at radius 3 is 2.56 bits per heavy atom. The quantitative estimate of drug-likeness (QED) is 0.825. The molecule has 0 atom stereocenters. The van der Waals surface area contributed by atoms with Gasteiger partial charge in [-0.25, -0.2) is 4.98 Å². The van der Waals surface area contributed by atoms with Crippen molar-refractivity contribution >= 4 is 22.8 Å². The van der Waals surface area contributed by atoms with Crippen molar-refractivity contribution in [1.82, 2.24) is 9.38 Å². The molecule has 0 radical (unpaired) electrons. The number of fused-ring (bicyclic) bond motifs is 1. The number of rotatable bonds is 1. The monoisotopic (exact) mass is 237 g/mol. The molecule has 0 aliphatic rings. The van der Waals surface area contributed by atoms with Crippen LogP contribution in [-0.4, -0.2) is 16.4 Å². The van der Waals surface area contributed by atoms with E-state index < -0.39 is 0 Å². The molecule has 1 N–H and O–H groups in total. The van der Waals surface area contributed by atoms with E-state index in [1.807, 2.05) is 29.8 Å². The molecular weight excluding hydrogens is 222 g/mol. The second-order valence-corrected chi connectivity index (χ2v) is 5.26. The predicted molar refractivity (Wildman–Crippen MR) is 68.4 cm³/mol. The highest BCUT2D eigenvalue weighted by molar-refractivity contribution is 6.32. The molecule has 2 aromatic heterocycles. The molecule has 0 aliphatic carbocycles. The first-order valence-corrected chi connectivity index (χ1v) is 5.67. The summed E-state index contributed by atoms with van der Waals surface area (Å²) in [7, 11) is 1.90. The summed E-state index contributed by atoms with van der Waals surface area (Å²) in [4.78, 5) is 4.44. The molecular formula is C12H16ClN3. The van der Waals surface area contributed by atoms with Gasteiger partial charge in [-0.05, 0) is 12.1 Å². The summed E-state index contributed by atoms with van der Waals surface area (Å²) in [5.41, 5.74) is 1.97. The Hall–Kier alpha value is -1.22. The van der Waals surface area contributed by atoms with E-state index in [1.165, 1.54) is 0 Å². The summed E-state index contributed by atoms with van der Waals surface area (Å²) in [5, 5.41) is 3.68. The molecule has 0 bridgehead atoms. The van der Waals surface area contributed by atoms with E-state index in [0.29, 0.717) is 5.15 Å². The van der Waals surface area contributed by atoms with Crippen molar-refractivity contribution in [3.63, 3.8) is 0 Å². The minimum absolute atomic E-state index is 0.0254. The number of imidazole rings is 1.